The number of benzene rings is 2. The molecule has 0 aliphatic rings. The number of ether oxygens (including phenoxy) is 1. The number of furan rings is 1. The highest BCUT2D eigenvalue weighted by Crippen LogP contribution is 2.29. The summed E-state index contributed by atoms with van der Waals surface area (Å²) in [5.41, 5.74) is 2.37. The second-order valence-electron chi connectivity index (χ2n) is 4.99. The van der Waals surface area contributed by atoms with Crippen LogP contribution >= 0.6 is 0 Å². The molecule has 0 atom stereocenters. The smallest absolute Gasteiger partial charge is 0.291 e. The third-order valence-electron chi connectivity index (χ3n) is 3.42. The van der Waals surface area contributed by atoms with Gasteiger partial charge in [-0.1, -0.05) is 30.3 Å². The molecule has 2 aromatic carbocycles. The molecular formula is C18H17NO3. The highest BCUT2D eigenvalue weighted by molar-refractivity contribution is 6.05. The molecule has 0 bridgehead atoms. The zero-order valence-electron chi connectivity index (χ0n) is 12.6. The Balaban J connectivity index is 1.91. The molecule has 112 valence electrons. The van der Waals surface area contributed by atoms with Crippen LogP contribution in [0.5, 0.6) is 5.75 Å². The number of aryl methyl sites for hydroxylation is 1. The number of anilines is 1. The molecule has 1 amide bonds. The summed E-state index contributed by atoms with van der Waals surface area (Å²) < 4.78 is 11.2. The molecule has 3 rings (SSSR count). The van der Waals surface area contributed by atoms with Gasteiger partial charge < -0.3 is 14.5 Å². The van der Waals surface area contributed by atoms with E-state index in [-0.39, 0.29) is 11.7 Å². The van der Waals surface area contributed by atoms with Crippen molar-refractivity contribution in [1.82, 2.24) is 0 Å². The quantitative estimate of drug-likeness (QED) is 0.776. The van der Waals surface area contributed by atoms with Gasteiger partial charge in [-0.3, -0.25) is 4.79 Å². The zero-order chi connectivity index (χ0) is 15.5. The number of hydrogen-bond acceptors (Lipinski definition) is 3. The van der Waals surface area contributed by atoms with E-state index in [1.165, 1.54) is 0 Å². The van der Waals surface area contributed by atoms with E-state index in [1.807, 2.05) is 56.3 Å². The normalized spacial score (nSPS) is 10.6. The minimum absolute atomic E-state index is 0.269. The lowest BCUT2D eigenvalue weighted by atomic mass is 10.2. The summed E-state index contributed by atoms with van der Waals surface area (Å²) in [6, 6.07) is 15.0. The first kappa shape index (κ1) is 14.2. The Bertz CT molecular complexity index is 820. The Labute approximate surface area is 128 Å². The maximum absolute atomic E-state index is 12.4. The zero-order valence-corrected chi connectivity index (χ0v) is 12.6. The van der Waals surface area contributed by atoms with Crippen molar-refractivity contribution in [2.24, 2.45) is 0 Å². The Morgan fingerprint density at radius 1 is 1.18 bits per heavy atom. The fourth-order valence-electron chi connectivity index (χ4n) is 2.31. The van der Waals surface area contributed by atoms with Gasteiger partial charge in [-0.15, -0.1) is 0 Å². The lowest BCUT2D eigenvalue weighted by Gasteiger charge is -2.06. The number of para-hydroxylation sites is 2. The molecule has 1 N–H and O–H groups in total. The minimum atomic E-state index is -0.270. The van der Waals surface area contributed by atoms with Gasteiger partial charge in [-0.2, -0.15) is 0 Å². The van der Waals surface area contributed by atoms with Crippen LogP contribution in [0.25, 0.3) is 11.0 Å². The SMILES string of the molecule is CCOc1cccc2cc(C(=O)Nc3ccccc3C)oc12. The van der Waals surface area contributed by atoms with E-state index in [4.69, 9.17) is 9.15 Å². The molecule has 3 aromatic rings. The maximum Gasteiger partial charge on any atom is 0.291 e. The molecule has 22 heavy (non-hydrogen) atoms. The monoisotopic (exact) mass is 295 g/mol. The number of carbonyl (C=O) groups excluding carboxylic acids is 1. The molecule has 1 heterocycles. The molecule has 0 aliphatic carbocycles. The standard InChI is InChI=1S/C18H17NO3/c1-3-21-15-10-6-8-13-11-16(22-17(13)15)18(20)19-14-9-5-4-7-12(14)2/h4-11H,3H2,1-2H3,(H,19,20). The van der Waals surface area contributed by atoms with Crippen molar-refractivity contribution in [3.63, 3.8) is 0 Å². The minimum Gasteiger partial charge on any atom is -0.490 e. The molecule has 1 aromatic heterocycles. The van der Waals surface area contributed by atoms with Crippen LogP contribution in [0.15, 0.2) is 52.9 Å². The van der Waals surface area contributed by atoms with Gasteiger partial charge in [0.1, 0.15) is 0 Å². The fraction of sp³-hybridized carbons (Fsp3) is 0.167. The highest BCUT2D eigenvalue weighted by Gasteiger charge is 2.15. The number of fused-ring (bicyclic) bond motifs is 1. The predicted molar refractivity (Wildman–Crippen MR) is 86.5 cm³/mol. The van der Waals surface area contributed by atoms with Gasteiger partial charge >= 0.3 is 0 Å². The van der Waals surface area contributed by atoms with Gasteiger partial charge in [0.2, 0.25) is 0 Å². The summed E-state index contributed by atoms with van der Waals surface area (Å²) >= 11 is 0. The van der Waals surface area contributed by atoms with Gasteiger partial charge in [0.05, 0.1) is 6.61 Å². The van der Waals surface area contributed by atoms with Gasteiger partial charge in [0.15, 0.2) is 17.1 Å². The Kier molecular flexibility index (Phi) is 3.83. The summed E-state index contributed by atoms with van der Waals surface area (Å²) in [6.45, 7) is 4.40. The Hall–Kier alpha value is -2.75. The molecule has 0 radical (unpaired) electrons. The largest absolute Gasteiger partial charge is 0.490 e. The van der Waals surface area contributed by atoms with Crippen LogP contribution in [0, 0.1) is 6.92 Å². The number of hydrogen-bond donors (Lipinski definition) is 1. The predicted octanol–water partition coefficient (Wildman–Crippen LogP) is 4.39. The van der Waals surface area contributed by atoms with Gasteiger partial charge in [-0.05, 0) is 37.6 Å². The lowest BCUT2D eigenvalue weighted by molar-refractivity contribution is 0.0998. The second kappa shape index (κ2) is 5.93. The van der Waals surface area contributed by atoms with Gasteiger partial charge in [-0.25, -0.2) is 0 Å². The molecule has 0 unspecified atom stereocenters. The van der Waals surface area contributed by atoms with Crippen LogP contribution in [0.4, 0.5) is 5.69 Å². The van der Waals surface area contributed by atoms with Crippen molar-refractivity contribution in [3.05, 3.63) is 59.9 Å². The molecule has 4 nitrogen and oxygen atoms in total. The van der Waals surface area contributed by atoms with E-state index in [0.717, 1.165) is 16.6 Å². The third-order valence-corrected chi connectivity index (χ3v) is 3.42. The van der Waals surface area contributed by atoms with Crippen LogP contribution in [0.3, 0.4) is 0 Å². The molecule has 0 fully saturated rings. The van der Waals surface area contributed by atoms with Crippen molar-refractivity contribution < 1.29 is 13.9 Å². The first-order chi connectivity index (χ1) is 10.7. The number of rotatable bonds is 4. The van der Waals surface area contributed by atoms with Crippen LogP contribution in [0.2, 0.25) is 0 Å². The fourth-order valence-corrected chi connectivity index (χ4v) is 2.31. The Morgan fingerprint density at radius 3 is 2.77 bits per heavy atom. The number of nitrogens with one attached hydrogen (secondary N) is 1. The van der Waals surface area contributed by atoms with Crippen molar-refractivity contribution in [3.8, 4) is 5.75 Å². The summed E-state index contributed by atoms with van der Waals surface area (Å²) in [7, 11) is 0. The average molecular weight is 295 g/mol. The Morgan fingerprint density at radius 2 is 2.00 bits per heavy atom. The van der Waals surface area contributed by atoms with Crippen LogP contribution in [-0.4, -0.2) is 12.5 Å². The highest BCUT2D eigenvalue weighted by atomic mass is 16.5. The molecule has 0 saturated carbocycles. The average Bonchev–Trinajstić information content (AvgIpc) is 2.95. The molecule has 0 saturated heterocycles. The second-order valence-corrected chi connectivity index (χ2v) is 4.99. The van der Waals surface area contributed by atoms with Crippen LogP contribution in [-0.2, 0) is 0 Å². The van der Waals surface area contributed by atoms with Crippen molar-refractivity contribution in [1.29, 1.82) is 0 Å². The van der Waals surface area contributed by atoms with E-state index in [0.29, 0.717) is 17.9 Å². The van der Waals surface area contributed by atoms with E-state index < -0.39 is 0 Å². The maximum atomic E-state index is 12.4. The topological polar surface area (TPSA) is 51.5 Å². The molecule has 4 heteroatoms. The van der Waals surface area contributed by atoms with E-state index in [2.05, 4.69) is 5.32 Å². The molecular weight excluding hydrogens is 278 g/mol. The van der Waals surface area contributed by atoms with Gasteiger partial charge in [0, 0.05) is 11.1 Å². The van der Waals surface area contributed by atoms with Crippen molar-refractivity contribution >= 4 is 22.6 Å². The van der Waals surface area contributed by atoms with E-state index in [1.54, 1.807) is 6.07 Å². The van der Waals surface area contributed by atoms with Gasteiger partial charge in [0.25, 0.3) is 5.91 Å². The summed E-state index contributed by atoms with van der Waals surface area (Å²) in [5.74, 6) is 0.647. The van der Waals surface area contributed by atoms with Crippen LogP contribution < -0.4 is 10.1 Å². The van der Waals surface area contributed by atoms with Crippen molar-refractivity contribution in [2.75, 3.05) is 11.9 Å². The summed E-state index contributed by atoms with van der Waals surface area (Å²) in [5, 5.41) is 3.71. The molecule has 0 aliphatic heterocycles. The summed E-state index contributed by atoms with van der Waals surface area (Å²) in [4.78, 5) is 12.4. The first-order valence-electron chi connectivity index (χ1n) is 7.21. The van der Waals surface area contributed by atoms with Crippen LogP contribution in [0.1, 0.15) is 23.0 Å². The van der Waals surface area contributed by atoms with E-state index >= 15 is 0 Å². The summed E-state index contributed by atoms with van der Waals surface area (Å²) in [6.07, 6.45) is 0. The van der Waals surface area contributed by atoms with E-state index in [9.17, 15) is 4.79 Å². The molecule has 0 spiro atoms. The van der Waals surface area contributed by atoms with Crippen molar-refractivity contribution in [2.45, 2.75) is 13.8 Å². The first-order valence-corrected chi connectivity index (χ1v) is 7.21. The third kappa shape index (κ3) is 2.68. The number of amides is 1. The number of carbonyl (C=O) groups is 1. The lowest BCUT2D eigenvalue weighted by Crippen LogP contribution is -2.11.